The van der Waals surface area contributed by atoms with Crippen LogP contribution in [0.5, 0.6) is 0 Å². The van der Waals surface area contributed by atoms with E-state index >= 15 is 0 Å². The van der Waals surface area contributed by atoms with E-state index in [0.29, 0.717) is 17.2 Å². The van der Waals surface area contributed by atoms with Crippen LogP contribution >= 0.6 is 0 Å². The van der Waals surface area contributed by atoms with Crippen LogP contribution in [0.4, 0.5) is 11.4 Å². The van der Waals surface area contributed by atoms with E-state index in [9.17, 15) is 4.79 Å². The first-order valence-corrected chi connectivity index (χ1v) is 7.54. The van der Waals surface area contributed by atoms with Crippen LogP contribution in [0.3, 0.4) is 0 Å². The summed E-state index contributed by atoms with van der Waals surface area (Å²) in [7, 11) is 1.37. The Kier molecular flexibility index (Phi) is 5.44. The number of hydrogen-bond donors (Lipinski definition) is 2. The first kappa shape index (κ1) is 15.6. The van der Waals surface area contributed by atoms with E-state index in [2.05, 4.69) is 21.9 Å². The normalized spacial score (nSPS) is 16.7. The number of nitrogen functional groups attached to an aromatic ring is 1. The molecule has 116 valence electrons. The minimum Gasteiger partial charge on any atom is -0.465 e. The Hall–Kier alpha value is -1.75. The molecule has 1 aliphatic heterocycles. The highest BCUT2D eigenvalue weighted by Gasteiger charge is 2.15. The lowest BCUT2D eigenvalue weighted by Crippen LogP contribution is -2.29. The van der Waals surface area contributed by atoms with Crippen molar-refractivity contribution in [3.05, 3.63) is 23.8 Å². The third kappa shape index (κ3) is 4.36. The summed E-state index contributed by atoms with van der Waals surface area (Å²) >= 11 is 0. The van der Waals surface area contributed by atoms with E-state index in [-0.39, 0.29) is 5.97 Å². The molecule has 21 heavy (non-hydrogen) atoms. The van der Waals surface area contributed by atoms with Gasteiger partial charge < -0.3 is 20.7 Å². The van der Waals surface area contributed by atoms with E-state index < -0.39 is 0 Å². The summed E-state index contributed by atoms with van der Waals surface area (Å²) in [6.07, 6.45) is 2.64. The second-order valence-electron chi connectivity index (χ2n) is 5.79. The predicted octanol–water partition coefficient (Wildman–Crippen LogP) is 2.20. The summed E-state index contributed by atoms with van der Waals surface area (Å²) in [6.45, 7) is 6.68. The molecular weight excluding hydrogens is 266 g/mol. The molecule has 0 bridgehead atoms. The number of methoxy groups -OCH3 is 1. The quantitative estimate of drug-likeness (QED) is 0.621. The van der Waals surface area contributed by atoms with E-state index in [0.717, 1.165) is 18.8 Å². The zero-order valence-electron chi connectivity index (χ0n) is 12.9. The number of carbonyl (C=O) groups is 1. The van der Waals surface area contributed by atoms with Crippen molar-refractivity contribution in [1.82, 2.24) is 4.90 Å². The number of hydrogen-bond acceptors (Lipinski definition) is 5. The lowest BCUT2D eigenvalue weighted by Gasteiger charge is -2.21. The van der Waals surface area contributed by atoms with Gasteiger partial charge in [-0.2, -0.15) is 0 Å². The number of esters is 1. The number of rotatable bonds is 6. The Morgan fingerprint density at radius 2 is 2.14 bits per heavy atom. The summed E-state index contributed by atoms with van der Waals surface area (Å²) in [5.41, 5.74) is 7.91. The molecule has 0 amide bonds. The van der Waals surface area contributed by atoms with Gasteiger partial charge in [0.1, 0.15) is 0 Å². The molecule has 3 N–H and O–H groups in total. The number of nitrogens with zero attached hydrogens (tertiary/aromatic N) is 1. The first-order chi connectivity index (χ1) is 10.1. The largest absolute Gasteiger partial charge is 0.465 e. The number of anilines is 2. The molecule has 2 rings (SSSR count). The lowest BCUT2D eigenvalue weighted by molar-refractivity contribution is 0.0601. The molecule has 0 aromatic heterocycles. The Morgan fingerprint density at radius 1 is 1.43 bits per heavy atom. The highest BCUT2D eigenvalue weighted by molar-refractivity contribution is 5.91. The Bertz CT molecular complexity index is 484. The molecule has 1 fully saturated rings. The third-order valence-corrected chi connectivity index (χ3v) is 3.88. The van der Waals surface area contributed by atoms with Gasteiger partial charge in [0.2, 0.25) is 0 Å². The summed E-state index contributed by atoms with van der Waals surface area (Å²) in [4.78, 5) is 13.9. The number of nitrogens with one attached hydrogen (secondary N) is 1. The van der Waals surface area contributed by atoms with Crippen LogP contribution in [0.15, 0.2) is 18.2 Å². The molecule has 0 saturated carbocycles. The van der Waals surface area contributed by atoms with E-state index in [1.807, 2.05) is 6.07 Å². The van der Waals surface area contributed by atoms with Crippen molar-refractivity contribution in [3.8, 4) is 0 Å². The molecule has 1 atom stereocenters. The summed E-state index contributed by atoms with van der Waals surface area (Å²) < 4.78 is 4.68. The maximum absolute atomic E-state index is 11.4. The van der Waals surface area contributed by atoms with Crippen molar-refractivity contribution in [3.63, 3.8) is 0 Å². The fourth-order valence-electron chi connectivity index (χ4n) is 2.72. The average molecular weight is 291 g/mol. The smallest absolute Gasteiger partial charge is 0.337 e. The summed E-state index contributed by atoms with van der Waals surface area (Å²) in [6, 6.07) is 5.22. The van der Waals surface area contributed by atoms with Crippen molar-refractivity contribution in [2.45, 2.75) is 19.8 Å². The Labute approximate surface area is 126 Å². The van der Waals surface area contributed by atoms with Crippen LogP contribution in [-0.2, 0) is 4.74 Å². The van der Waals surface area contributed by atoms with Crippen molar-refractivity contribution in [2.24, 2.45) is 5.92 Å². The maximum Gasteiger partial charge on any atom is 0.337 e. The molecule has 1 heterocycles. The van der Waals surface area contributed by atoms with Crippen molar-refractivity contribution in [1.29, 1.82) is 0 Å². The standard InChI is InChI=1S/C16H25N3O2/c1-12(11-19-7-3-4-8-19)10-18-15-6-5-13(9-14(15)17)16(20)21-2/h5-6,9,12,18H,3-4,7-8,10-11,17H2,1-2H3. The van der Waals surface area contributed by atoms with Crippen LogP contribution < -0.4 is 11.1 Å². The second-order valence-corrected chi connectivity index (χ2v) is 5.79. The summed E-state index contributed by atoms with van der Waals surface area (Å²) in [5, 5.41) is 3.37. The number of nitrogens with two attached hydrogens (primary N) is 1. The van der Waals surface area contributed by atoms with Gasteiger partial charge in [-0.05, 0) is 50.0 Å². The first-order valence-electron chi connectivity index (χ1n) is 7.54. The van der Waals surface area contributed by atoms with Crippen molar-refractivity contribution in [2.75, 3.05) is 44.3 Å². The number of ether oxygens (including phenoxy) is 1. The Morgan fingerprint density at radius 3 is 2.76 bits per heavy atom. The monoisotopic (exact) mass is 291 g/mol. The van der Waals surface area contributed by atoms with E-state index in [4.69, 9.17) is 5.73 Å². The van der Waals surface area contributed by atoms with Crippen molar-refractivity contribution >= 4 is 17.3 Å². The molecule has 5 nitrogen and oxygen atoms in total. The maximum atomic E-state index is 11.4. The Balaban J connectivity index is 1.86. The highest BCUT2D eigenvalue weighted by atomic mass is 16.5. The van der Waals surface area contributed by atoms with Gasteiger partial charge in [-0.3, -0.25) is 0 Å². The number of likely N-dealkylation sites (tertiary alicyclic amines) is 1. The molecule has 1 aromatic carbocycles. The van der Waals surface area contributed by atoms with E-state index in [1.165, 1.54) is 33.0 Å². The van der Waals surface area contributed by atoms with Gasteiger partial charge in [0.15, 0.2) is 0 Å². The van der Waals surface area contributed by atoms with Gasteiger partial charge >= 0.3 is 5.97 Å². The molecule has 1 unspecified atom stereocenters. The third-order valence-electron chi connectivity index (χ3n) is 3.88. The zero-order chi connectivity index (χ0) is 15.2. The van der Waals surface area contributed by atoms with Crippen LogP contribution in [0.25, 0.3) is 0 Å². The van der Waals surface area contributed by atoms with Gasteiger partial charge in [-0.1, -0.05) is 6.92 Å². The van der Waals surface area contributed by atoms with Crippen LogP contribution in [0.1, 0.15) is 30.1 Å². The minimum atomic E-state index is -0.365. The van der Waals surface area contributed by atoms with Crippen LogP contribution in [-0.4, -0.2) is 44.2 Å². The van der Waals surface area contributed by atoms with Crippen LogP contribution in [0, 0.1) is 5.92 Å². The van der Waals surface area contributed by atoms with Crippen LogP contribution in [0.2, 0.25) is 0 Å². The molecule has 1 aromatic rings. The van der Waals surface area contributed by atoms with Gasteiger partial charge in [-0.15, -0.1) is 0 Å². The molecule has 1 saturated heterocycles. The van der Waals surface area contributed by atoms with Gasteiger partial charge in [-0.25, -0.2) is 4.79 Å². The second kappa shape index (κ2) is 7.31. The topological polar surface area (TPSA) is 67.6 Å². The molecule has 0 radical (unpaired) electrons. The fraction of sp³-hybridized carbons (Fsp3) is 0.562. The number of benzene rings is 1. The SMILES string of the molecule is COC(=O)c1ccc(NCC(C)CN2CCCC2)c(N)c1. The molecule has 0 spiro atoms. The predicted molar refractivity (Wildman–Crippen MR) is 85.5 cm³/mol. The lowest BCUT2D eigenvalue weighted by atomic mass is 10.1. The minimum absolute atomic E-state index is 0.365. The average Bonchev–Trinajstić information content (AvgIpc) is 2.98. The molecular formula is C16H25N3O2. The zero-order valence-corrected chi connectivity index (χ0v) is 12.9. The van der Waals surface area contributed by atoms with Gasteiger partial charge in [0, 0.05) is 13.1 Å². The fourth-order valence-corrected chi connectivity index (χ4v) is 2.72. The summed E-state index contributed by atoms with van der Waals surface area (Å²) in [5.74, 6) is 0.193. The highest BCUT2D eigenvalue weighted by Crippen LogP contribution is 2.21. The molecule has 5 heteroatoms. The van der Waals surface area contributed by atoms with Crippen molar-refractivity contribution < 1.29 is 9.53 Å². The number of carbonyl (C=O) groups excluding carboxylic acids is 1. The molecule has 1 aliphatic rings. The van der Waals surface area contributed by atoms with E-state index in [1.54, 1.807) is 12.1 Å². The van der Waals surface area contributed by atoms with Gasteiger partial charge in [0.05, 0.1) is 24.0 Å². The molecule has 0 aliphatic carbocycles. The van der Waals surface area contributed by atoms with Gasteiger partial charge in [0.25, 0.3) is 0 Å².